The van der Waals surface area contributed by atoms with Gasteiger partial charge in [-0.3, -0.25) is 0 Å². The van der Waals surface area contributed by atoms with E-state index in [-0.39, 0.29) is 6.10 Å². The number of alkyl halides is 1. The summed E-state index contributed by atoms with van der Waals surface area (Å²) in [5, 5.41) is 0.877. The lowest BCUT2D eigenvalue weighted by Crippen LogP contribution is -2.44. The quantitative estimate of drug-likeness (QED) is 0.701. The van der Waals surface area contributed by atoms with Crippen molar-refractivity contribution in [3.63, 3.8) is 0 Å². The molecule has 20 heavy (non-hydrogen) atoms. The molecule has 0 bridgehead atoms. The predicted molar refractivity (Wildman–Crippen MR) is 80.9 cm³/mol. The van der Waals surface area contributed by atoms with Crippen LogP contribution in [0.1, 0.15) is 39.5 Å². The van der Waals surface area contributed by atoms with Gasteiger partial charge in [0.1, 0.15) is 0 Å². The molecule has 2 N–H and O–H groups in total. The number of hydrogen-bond acceptors (Lipinski definition) is 4. The normalized spacial score (nSPS) is 23.6. The van der Waals surface area contributed by atoms with Crippen molar-refractivity contribution in [2.24, 2.45) is 11.8 Å². The number of hydrogen-bond donors (Lipinski definition) is 2. The Bertz CT molecular complexity index is 414. The number of ether oxygens (including phenoxy) is 1. The van der Waals surface area contributed by atoms with Crippen molar-refractivity contribution in [1.82, 2.24) is 9.44 Å². The summed E-state index contributed by atoms with van der Waals surface area (Å²) < 4.78 is 32.5. The van der Waals surface area contributed by atoms with Gasteiger partial charge in [-0.25, -0.2) is 9.52 Å². The Morgan fingerprint density at radius 1 is 1.30 bits per heavy atom. The second kappa shape index (κ2) is 8.19. The molecule has 0 aromatic rings. The highest BCUT2D eigenvalue weighted by atomic mass is 79.9. The maximum absolute atomic E-state index is 11.7. The van der Waals surface area contributed by atoms with Crippen molar-refractivity contribution in [3.05, 3.63) is 0 Å². The van der Waals surface area contributed by atoms with Crippen LogP contribution >= 0.6 is 15.9 Å². The van der Waals surface area contributed by atoms with Gasteiger partial charge in [-0.05, 0) is 38.5 Å². The summed E-state index contributed by atoms with van der Waals surface area (Å²) in [6.45, 7) is 3.66. The number of amides is 1. The molecule has 0 radical (unpaired) electrons. The van der Waals surface area contributed by atoms with E-state index in [4.69, 9.17) is 4.74 Å². The van der Waals surface area contributed by atoms with Gasteiger partial charge >= 0.3 is 16.3 Å². The third-order valence-corrected chi connectivity index (χ3v) is 5.17. The minimum Gasteiger partial charge on any atom is -0.446 e. The lowest BCUT2D eigenvalue weighted by atomic mass is 9.80. The molecule has 0 spiro atoms. The molecule has 6 nitrogen and oxygen atoms in total. The van der Waals surface area contributed by atoms with Crippen LogP contribution in [0.2, 0.25) is 0 Å². The Morgan fingerprint density at radius 2 is 1.90 bits per heavy atom. The smallest absolute Gasteiger partial charge is 0.422 e. The lowest BCUT2D eigenvalue weighted by molar-refractivity contribution is 0.121. The summed E-state index contributed by atoms with van der Waals surface area (Å²) in [4.78, 5) is 11.3. The summed E-state index contributed by atoms with van der Waals surface area (Å²) in [7, 11) is -3.85. The Labute approximate surface area is 129 Å². The maximum atomic E-state index is 11.7. The topological polar surface area (TPSA) is 84.5 Å². The molecule has 1 amide bonds. The van der Waals surface area contributed by atoms with E-state index in [1.165, 1.54) is 6.42 Å². The van der Waals surface area contributed by atoms with Crippen LogP contribution < -0.4 is 9.44 Å². The van der Waals surface area contributed by atoms with E-state index in [1.807, 2.05) is 4.72 Å². The molecule has 1 aliphatic rings. The molecule has 2 unspecified atom stereocenters. The van der Waals surface area contributed by atoms with E-state index in [1.54, 1.807) is 13.8 Å². The second-order valence-corrected chi connectivity index (χ2v) is 7.51. The van der Waals surface area contributed by atoms with Gasteiger partial charge in [-0.1, -0.05) is 28.8 Å². The van der Waals surface area contributed by atoms with Crippen molar-refractivity contribution >= 4 is 32.2 Å². The number of carbonyl (C=O) groups excluding carboxylic acids is 1. The minimum atomic E-state index is -3.85. The van der Waals surface area contributed by atoms with Crippen LogP contribution in [-0.4, -0.2) is 32.5 Å². The SMILES string of the molecule is CC(C)OC(=O)NS(=O)(=O)NCC1CCCCC1CBr. The third-order valence-electron chi connectivity index (χ3n) is 3.36. The first-order valence-electron chi connectivity index (χ1n) is 6.88. The standard InChI is InChI=1S/C12H23BrN2O4S/c1-9(2)19-12(16)15-20(17,18)14-8-11-6-4-3-5-10(11)7-13/h9-11,14H,3-8H2,1-2H3,(H,15,16). The molecule has 1 fully saturated rings. The van der Waals surface area contributed by atoms with Crippen LogP contribution in [0.15, 0.2) is 0 Å². The van der Waals surface area contributed by atoms with Crippen LogP contribution in [0.4, 0.5) is 4.79 Å². The number of rotatable bonds is 6. The van der Waals surface area contributed by atoms with Crippen molar-refractivity contribution in [2.75, 3.05) is 11.9 Å². The van der Waals surface area contributed by atoms with E-state index >= 15 is 0 Å². The summed E-state index contributed by atoms with van der Waals surface area (Å²) in [5.74, 6) is 0.787. The van der Waals surface area contributed by atoms with Gasteiger partial charge in [-0.2, -0.15) is 13.1 Å². The molecule has 1 aliphatic carbocycles. The summed E-state index contributed by atoms with van der Waals surface area (Å²) >= 11 is 3.47. The van der Waals surface area contributed by atoms with E-state index in [0.29, 0.717) is 18.4 Å². The van der Waals surface area contributed by atoms with Gasteiger partial charge in [0.25, 0.3) is 0 Å². The average Bonchev–Trinajstić information content (AvgIpc) is 2.35. The fourth-order valence-electron chi connectivity index (χ4n) is 2.36. The highest BCUT2D eigenvalue weighted by molar-refractivity contribution is 9.09. The molecule has 0 aromatic heterocycles. The fourth-order valence-corrected chi connectivity index (χ4v) is 3.98. The Morgan fingerprint density at radius 3 is 2.45 bits per heavy atom. The molecule has 118 valence electrons. The molecule has 1 saturated carbocycles. The van der Waals surface area contributed by atoms with Crippen molar-refractivity contribution < 1.29 is 17.9 Å². The molecule has 0 aromatic carbocycles. The Kier molecular flexibility index (Phi) is 7.25. The van der Waals surface area contributed by atoms with E-state index in [0.717, 1.165) is 24.6 Å². The summed E-state index contributed by atoms with van der Waals surface area (Å²) in [6, 6.07) is 0. The monoisotopic (exact) mass is 370 g/mol. The minimum absolute atomic E-state index is 0.306. The molecule has 8 heteroatoms. The van der Waals surface area contributed by atoms with Gasteiger partial charge < -0.3 is 4.74 Å². The van der Waals surface area contributed by atoms with Crippen LogP contribution in [-0.2, 0) is 14.9 Å². The van der Waals surface area contributed by atoms with E-state index in [9.17, 15) is 13.2 Å². The van der Waals surface area contributed by atoms with Gasteiger partial charge in [0, 0.05) is 11.9 Å². The van der Waals surface area contributed by atoms with E-state index < -0.39 is 16.3 Å². The fraction of sp³-hybridized carbons (Fsp3) is 0.917. The van der Waals surface area contributed by atoms with Gasteiger partial charge in [0.2, 0.25) is 0 Å². The first kappa shape index (κ1) is 17.7. The largest absolute Gasteiger partial charge is 0.446 e. The van der Waals surface area contributed by atoms with Crippen LogP contribution in [0.3, 0.4) is 0 Å². The molecule has 2 atom stereocenters. The van der Waals surface area contributed by atoms with Gasteiger partial charge in [-0.15, -0.1) is 0 Å². The van der Waals surface area contributed by atoms with Gasteiger partial charge in [0.15, 0.2) is 0 Å². The van der Waals surface area contributed by atoms with Gasteiger partial charge in [0.05, 0.1) is 6.10 Å². The van der Waals surface area contributed by atoms with Crippen LogP contribution in [0, 0.1) is 11.8 Å². The number of carbonyl (C=O) groups is 1. The first-order valence-corrected chi connectivity index (χ1v) is 9.48. The third kappa shape index (κ3) is 6.41. The Hall–Kier alpha value is -0.340. The zero-order valence-electron chi connectivity index (χ0n) is 11.9. The van der Waals surface area contributed by atoms with Crippen molar-refractivity contribution in [2.45, 2.75) is 45.6 Å². The predicted octanol–water partition coefficient (Wildman–Crippen LogP) is 2.16. The molecular weight excluding hydrogens is 348 g/mol. The highest BCUT2D eigenvalue weighted by Gasteiger charge is 2.26. The zero-order chi connectivity index (χ0) is 15.2. The van der Waals surface area contributed by atoms with Crippen LogP contribution in [0.5, 0.6) is 0 Å². The average molecular weight is 371 g/mol. The molecule has 1 rings (SSSR count). The first-order chi connectivity index (χ1) is 9.34. The Balaban J connectivity index is 2.44. The van der Waals surface area contributed by atoms with Crippen molar-refractivity contribution in [3.8, 4) is 0 Å². The number of nitrogens with one attached hydrogen (secondary N) is 2. The lowest BCUT2D eigenvalue weighted by Gasteiger charge is -2.30. The highest BCUT2D eigenvalue weighted by Crippen LogP contribution is 2.30. The number of halogens is 1. The summed E-state index contributed by atoms with van der Waals surface area (Å²) in [6.07, 6.45) is 3.13. The zero-order valence-corrected chi connectivity index (χ0v) is 14.3. The molecule has 0 heterocycles. The molecular formula is C12H23BrN2O4S. The second-order valence-electron chi connectivity index (χ2n) is 5.37. The molecule has 0 aliphatic heterocycles. The van der Waals surface area contributed by atoms with Crippen LogP contribution in [0.25, 0.3) is 0 Å². The van der Waals surface area contributed by atoms with E-state index in [2.05, 4.69) is 20.7 Å². The summed E-state index contributed by atoms with van der Waals surface area (Å²) in [5.41, 5.74) is 0. The maximum Gasteiger partial charge on any atom is 0.422 e. The molecule has 0 saturated heterocycles. The van der Waals surface area contributed by atoms with Crippen molar-refractivity contribution in [1.29, 1.82) is 0 Å².